The normalized spacial score (nSPS) is 32.7. The van der Waals surface area contributed by atoms with Gasteiger partial charge in [0.05, 0.1) is 37.8 Å². The van der Waals surface area contributed by atoms with Gasteiger partial charge in [0.2, 0.25) is 0 Å². The van der Waals surface area contributed by atoms with Crippen LogP contribution in [-0.4, -0.2) is 122 Å². The van der Waals surface area contributed by atoms with Crippen LogP contribution in [0.2, 0.25) is 0 Å². The molecule has 6 N–H and O–H groups in total. The van der Waals surface area contributed by atoms with Crippen molar-refractivity contribution in [2.75, 3.05) is 0 Å². The van der Waals surface area contributed by atoms with Gasteiger partial charge in [-0.05, 0) is 26.7 Å². The van der Waals surface area contributed by atoms with Gasteiger partial charge in [-0.1, -0.05) is 49.0 Å². The molecule has 10 atom stereocenters. The molecule has 16 nitrogen and oxygen atoms in total. The summed E-state index contributed by atoms with van der Waals surface area (Å²) in [6, 6.07) is 0. The highest BCUT2D eigenvalue weighted by molar-refractivity contribution is 4.93. The molecule has 0 radical (unpaired) electrons. The molecule has 2 aliphatic rings. The molecular formula is C28H48N6O10. The van der Waals surface area contributed by atoms with Crippen LogP contribution >= 0.6 is 0 Å². The van der Waals surface area contributed by atoms with Crippen molar-refractivity contribution >= 4 is 0 Å². The first-order chi connectivity index (χ1) is 21.1. The Labute approximate surface area is 256 Å². The van der Waals surface area contributed by atoms with E-state index in [0.29, 0.717) is 11.4 Å². The van der Waals surface area contributed by atoms with E-state index in [-0.39, 0.29) is 13.2 Å². The number of aryl methyl sites for hydroxylation is 2. The summed E-state index contributed by atoms with van der Waals surface area (Å²) >= 11 is 0. The zero-order valence-corrected chi connectivity index (χ0v) is 25.4. The van der Waals surface area contributed by atoms with Crippen LogP contribution in [0, 0.1) is 0 Å². The lowest BCUT2D eigenvalue weighted by atomic mass is 10.0. The SMILES string of the molecule is C[C@@H]1O[C@@H](OCc2cn(CCCCCCCCCCn3cc(CO[C@@H]4O[C@@H](C)[C@@H](O)[C@@H](O)[C@@H]4O)nn3)nn2)[C@@H](O)[C@H](O)[C@@H]1O. The van der Waals surface area contributed by atoms with Gasteiger partial charge < -0.3 is 49.6 Å². The Morgan fingerprint density at radius 2 is 0.932 bits per heavy atom. The fourth-order valence-corrected chi connectivity index (χ4v) is 5.27. The molecule has 0 spiro atoms. The fraction of sp³-hybridized carbons (Fsp3) is 0.857. The second-order valence-corrected chi connectivity index (χ2v) is 11.8. The van der Waals surface area contributed by atoms with Gasteiger partial charge in [0.15, 0.2) is 12.6 Å². The summed E-state index contributed by atoms with van der Waals surface area (Å²) in [6.45, 7) is 4.85. The van der Waals surface area contributed by atoms with Crippen molar-refractivity contribution in [3.05, 3.63) is 23.8 Å². The van der Waals surface area contributed by atoms with Crippen molar-refractivity contribution in [1.82, 2.24) is 30.0 Å². The molecule has 4 heterocycles. The zero-order valence-electron chi connectivity index (χ0n) is 25.4. The smallest absolute Gasteiger partial charge is 0.186 e. The summed E-state index contributed by atoms with van der Waals surface area (Å²) in [7, 11) is 0. The van der Waals surface area contributed by atoms with Crippen molar-refractivity contribution in [2.24, 2.45) is 0 Å². The Balaban J connectivity index is 0.989. The Morgan fingerprint density at radius 3 is 1.32 bits per heavy atom. The van der Waals surface area contributed by atoms with Crippen molar-refractivity contribution in [3.63, 3.8) is 0 Å². The minimum Gasteiger partial charge on any atom is -0.388 e. The minimum atomic E-state index is -1.34. The van der Waals surface area contributed by atoms with E-state index in [1.54, 1.807) is 35.6 Å². The number of ether oxygens (including phenoxy) is 4. The lowest BCUT2D eigenvalue weighted by Gasteiger charge is -2.38. The standard InChI is InChI=1S/C28H48N6O10/c1-17-21(35)23(37)25(39)27(43-17)41-15-19-13-33(31-29-19)11-9-7-5-3-4-6-8-10-12-34-14-20(30-32-34)16-42-28-26(40)24(38)22(36)18(2)44-28/h13-14,17-18,21-28,35-40H,3-12,15-16H2,1-2H3/t17-,18-,21+,22+,23+,24+,25-,26-,27+,28+/m0/s1. The van der Waals surface area contributed by atoms with Crippen LogP contribution in [0.5, 0.6) is 0 Å². The Bertz CT molecular complexity index is 1020. The average molecular weight is 629 g/mol. The van der Waals surface area contributed by atoms with E-state index in [2.05, 4.69) is 20.6 Å². The molecule has 2 saturated heterocycles. The van der Waals surface area contributed by atoms with Crippen molar-refractivity contribution in [2.45, 2.75) is 153 Å². The topological polar surface area (TPSA) is 220 Å². The van der Waals surface area contributed by atoms with Crippen molar-refractivity contribution < 1.29 is 49.6 Å². The predicted molar refractivity (Wildman–Crippen MR) is 151 cm³/mol. The summed E-state index contributed by atoms with van der Waals surface area (Å²) in [5, 5.41) is 75.8. The minimum absolute atomic E-state index is 0.0716. The van der Waals surface area contributed by atoms with Crippen LogP contribution in [-0.2, 0) is 45.3 Å². The molecule has 0 unspecified atom stereocenters. The van der Waals surface area contributed by atoms with E-state index in [9.17, 15) is 30.6 Å². The third kappa shape index (κ3) is 9.69. The maximum atomic E-state index is 10.0. The van der Waals surface area contributed by atoms with E-state index < -0.39 is 61.4 Å². The van der Waals surface area contributed by atoms with Gasteiger partial charge in [0.25, 0.3) is 0 Å². The van der Waals surface area contributed by atoms with E-state index >= 15 is 0 Å². The molecule has 2 aromatic heterocycles. The number of hydrogen-bond donors (Lipinski definition) is 6. The number of unbranched alkanes of at least 4 members (excludes halogenated alkanes) is 7. The number of aromatic nitrogens is 6. The number of aliphatic hydroxyl groups excluding tert-OH is 6. The van der Waals surface area contributed by atoms with Crippen molar-refractivity contribution in [3.8, 4) is 0 Å². The molecule has 16 heteroatoms. The second-order valence-electron chi connectivity index (χ2n) is 11.8. The second kappa shape index (κ2) is 17.0. The Hall–Kier alpha value is -2.12. The third-order valence-electron chi connectivity index (χ3n) is 8.10. The van der Waals surface area contributed by atoms with Crippen LogP contribution in [0.1, 0.15) is 76.6 Å². The molecule has 0 aromatic carbocycles. The van der Waals surface area contributed by atoms with Gasteiger partial charge >= 0.3 is 0 Å². The van der Waals surface area contributed by atoms with Gasteiger partial charge in [-0.25, -0.2) is 0 Å². The van der Waals surface area contributed by atoms with E-state index in [1.165, 1.54) is 12.8 Å². The van der Waals surface area contributed by atoms with E-state index in [4.69, 9.17) is 18.9 Å². The quantitative estimate of drug-likeness (QED) is 0.120. The van der Waals surface area contributed by atoms with E-state index in [0.717, 1.165) is 51.6 Å². The first-order valence-corrected chi connectivity index (χ1v) is 15.5. The van der Waals surface area contributed by atoms with Gasteiger partial charge in [-0.2, -0.15) is 0 Å². The highest BCUT2D eigenvalue weighted by Crippen LogP contribution is 2.23. The molecule has 0 aliphatic carbocycles. The van der Waals surface area contributed by atoms with Crippen molar-refractivity contribution in [1.29, 1.82) is 0 Å². The third-order valence-corrected chi connectivity index (χ3v) is 8.10. The maximum Gasteiger partial charge on any atom is 0.186 e. The Morgan fingerprint density at radius 1 is 0.568 bits per heavy atom. The number of nitrogens with zero attached hydrogens (tertiary/aromatic N) is 6. The summed E-state index contributed by atoms with van der Waals surface area (Å²) < 4.78 is 25.5. The molecular weight excluding hydrogens is 580 g/mol. The highest BCUT2D eigenvalue weighted by atomic mass is 16.7. The van der Waals surface area contributed by atoms with Gasteiger partial charge in [-0.3, -0.25) is 9.36 Å². The number of rotatable bonds is 17. The average Bonchev–Trinajstić information content (AvgIpc) is 3.67. The molecule has 0 bridgehead atoms. The number of hydrogen-bond acceptors (Lipinski definition) is 14. The largest absolute Gasteiger partial charge is 0.388 e. The van der Waals surface area contributed by atoms with Crippen LogP contribution < -0.4 is 0 Å². The first-order valence-electron chi connectivity index (χ1n) is 15.5. The van der Waals surface area contributed by atoms with Crippen LogP contribution in [0.4, 0.5) is 0 Å². The molecule has 2 fully saturated rings. The molecule has 0 amide bonds. The molecule has 2 aliphatic heterocycles. The maximum absolute atomic E-state index is 10.0. The van der Waals surface area contributed by atoms with Crippen LogP contribution in [0.15, 0.2) is 12.4 Å². The Kier molecular flexibility index (Phi) is 13.4. The summed E-state index contributed by atoms with van der Waals surface area (Å²) in [4.78, 5) is 0. The van der Waals surface area contributed by atoms with Gasteiger partial charge in [0.1, 0.15) is 48.0 Å². The van der Waals surface area contributed by atoms with Gasteiger partial charge in [-0.15, -0.1) is 10.2 Å². The summed E-state index contributed by atoms with van der Waals surface area (Å²) in [5.74, 6) is 0. The molecule has 4 rings (SSSR count). The monoisotopic (exact) mass is 628 g/mol. The zero-order chi connectivity index (χ0) is 31.6. The molecule has 2 aromatic rings. The van der Waals surface area contributed by atoms with Crippen LogP contribution in [0.25, 0.3) is 0 Å². The molecule has 0 saturated carbocycles. The van der Waals surface area contributed by atoms with Crippen LogP contribution in [0.3, 0.4) is 0 Å². The summed E-state index contributed by atoms with van der Waals surface area (Å²) in [5.41, 5.74) is 1.19. The lowest BCUT2D eigenvalue weighted by molar-refractivity contribution is -0.296. The van der Waals surface area contributed by atoms with Gasteiger partial charge in [0, 0.05) is 13.1 Å². The molecule has 44 heavy (non-hydrogen) atoms. The highest BCUT2D eigenvalue weighted by Gasteiger charge is 2.43. The first kappa shape index (κ1) is 34.7. The predicted octanol–water partition coefficient (Wildman–Crippen LogP) is -0.621. The lowest BCUT2D eigenvalue weighted by Crippen LogP contribution is -2.57. The summed E-state index contributed by atoms with van der Waals surface area (Å²) in [6.07, 6.45) is 1.28. The number of aliphatic hydroxyl groups is 6. The fourth-order valence-electron chi connectivity index (χ4n) is 5.27. The molecule has 250 valence electrons. The van der Waals surface area contributed by atoms with E-state index in [1.807, 2.05) is 0 Å².